The molecule has 0 aliphatic carbocycles. The Morgan fingerprint density at radius 3 is 2.73 bits per heavy atom. The summed E-state index contributed by atoms with van der Waals surface area (Å²) >= 11 is 0. The summed E-state index contributed by atoms with van der Waals surface area (Å²) in [7, 11) is -1.94. The van der Waals surface area contributed by atoms with Crippen LogP contribution in [0.5, 0.6) is 5.75 Å². The van der Waals surface area contributed by atoms with Gasteiger partial charge in [0, 0.05) is 31.3 Å². The highest BCUT2D eigenvalue weighted by molar-refractivity contribution is 7.89. The Labute approximate surface area is 174 Å². The van der Waals surface area contributed by atoms with E-state index in [9.17, 15) is 13.2 Å². The van der Waals surface area contributed by atoms with Crippen LogP contribution in [-0.4, -0.2) is 53.8 Å². The van der Waals surface area contributed by atoms with Gasteiger partial charge in [0.2, 0.25) is 15.9 Å². The summed E-state index contributed by atoms with van der Waals surface area (Å²) < 4.78 is 33.7. The number of hydrogen-bond acceptors (Lipinski definition) is 6. The molecule has 0 saturated carbocycles. The molecular formula is C20H23N5O4S. The molecule has 4 rings (SSSR count). The molecule has 0 spiro atoms. The average Bonchev–Trinajstić information content (AvgIpc) is 3.42. The topological polar surface area (TPSA) is 106 Å². The first-order chi connectivity index (χ1) is 14.5. The molecule has 1 aromatic heterocycles. The van der Waals surface area contributed by atoms with Gasteiger partial charge in [-0.3, -0.25) is 4.79 Å². The van der Waals surface area contributed by atoms with Crippen LogP contribution in [0, 0.1) is 0 Å². The molecule has 1 fully saturated rings. The van der Waals surface area contributed by atoms with Crippen LogP contribution < -0.4 is 10.1 Å². The molecule has 0 radical (unpaired) electrons. The number of aromatic nitrogens is 3. The van der Waals surface area contributed by atoms with Crippen molar-refractivity contribution >= 4 is 32.7 Å². The van der Waals surface area contributed by atoms with Crippen LogP contribution in [0.25, 0.3) is 11.0 Å². The summed E-state index contributed by atoms with van der Waals surface area (Å²) in [4.78, 5) is 12.5. The van der Waals surface area contributed by atoms with Gasteiger partial charge >= 0.3 is 0 Å². The minimum Gasteiger partial charge on any atom is -0.497 e. The van der Waals surface area contributed by atoms with Crippen LogP contribution in [0.2, 0.25) is 0 Å². The minimum atomic E-state index is -3.51. The zero-order valence-corrected chi connectivity index (χ0v) is 17.4. The van der Waals surface area contributed by atoms with Crippen molar-refractivity contribution in [2.45, 2.75) is 30.7 Å². The van der Waals surface area contributed by atoms with E-state index in [0.29, 0.717) is 42.1 Å². The van der Waals surface area contributed by atoms with Crippen molar-refractivity contribution in [2.24, 2.45) is 0 Å². The van der Waals surface area contributed by atoms with E-state index < -0.39 is 10.0 Å². The fourth-order valence-electron chi connectivity index (χ4n) is 3.49. The molecule has 2 heterocycles. The number of nitrogens with one attached hydrogen (secondary N) is 1. The van der Waals surface area contributed by atoms with E-state index in [-0.39, 0.29) is 17.2 Å². The highest BCUT2D eigenvalue weighted by Gasteiger charge is 2.27. The fraction of sp³-hybridized carbons (Fsp3) is 0.350. The van der Waals surface area contributed by atoms with E-state index in [1.807, 2.05) is 0 Å². The number of aryl methyl sites for hydroxylation is 1. The first-order valence-corrected chi connectivity index (χ1v) is 11.2. The number of rotatable bonds is 7. The van der Waals surface area contributed by atoms with Gasteiger partial charge in [0.05, 0.1) is 24.1 Å². The molecule has 1 aliphatic heterocycles. The van der Waals surface area contributed by atoms with Gasteiger partial charge < -0.3 is 10.1 Å². The number of ether oxygens (including phenoxy) is 1. The highest BCUT2D eigenvalue weighted by atomic mass is 32.2. The number of benzene rings is 2. The second kappa shape index (κ2) is 8.41. The first-order valence-electron chi connectivity index (χ1n) is 9.75. The van der Waals surface area contributed by atoms with E-state index in [1.165, 1.54) is 4.31 Å². The van der Waals surface area contributed by atoms with Gasteiger partial charge in [0.1, 0.15) is 11.3 Å². The molecule has 1 amide bonds. The van der Waals surface area contributed by atoms with Gasteiger partial charge in [-0.05, 0) is 43.2 Å². The Morgan fingerprint density at radius 1 is 1.17 bits per heavy atom. The average molecular weight is 430 g/mol. The highest BCUT2D eigenvalue weighted by Crippen LogP contribution is 2.24. The Bertz CT molecular complexity index is 1170. The molecular weight excluding hydrogens is 406 g/mol. The summed E-state index contributed by atoms with van der Waals surface area (Å²) in [6.07, 6.45) is 1.97. The SMILES string of the molecule is COc1cccc(NC(=O)CCn2nnc3cc(S(=O)(=O)N4CCCC4)ccc32)c1. The number of anilines is 1. The van der Waals surface area contributed by atoms with E-state index in [2.05, 4.69) is 15.6 Å². The lowest BCUT2D eigenvalue weighted by atomic mass is 10.3. The van der Waals surface area contributed by atoms with Gasteiger partial charge in [0.25, 0.3) is 0 Å². The van der Waals surface area contributed by atoms with E-state index >= 15 is 0 Å². The Balaban J connectivity index is 1.44. The fourth-order valence-corrected chi connectivity index (χ4v) is 5.02. The molecule has 10 heteroatoms. The van der Waals surface area contributed by atoms with Crippen molar-refractivity contribution < 1.29 is 17.9 Å². The number of fused-ring (bicyclic) bond motifs is 1. The smallest absolute Gasteiger partial charge is 0.243 e. The third kappa shape index (κ3) is 4.14. The maximum atomic E-state index is 12.7. The summed E-state index contributed by atoms with van der Waals surface area (Å²) in [5.41, 5.74) is 1.83. The quantitative estimate of drug-likeness (QED) is 0.617. The van der Waals surface area contributed by atoms with Crippen LogP contribution in [0.1, 0.15) is 19.3 Å². The van der Waals surface area contributed by atoms with Crippen LogP contribution in [0.3, 0.4) is 0 Å². The summed E-state index contributed by atoms with van der Waals surface area (Å²) in [5.74, 6) is 0.495. The number of methoxy groups -OCH3 is 1. The third-order valence-electron chi connectivity index (χ3n) is 5.09. The maximum absolute atomic E-state index is 12.7. The number of hydrogen-bond donors (Lipinski definition) is 1. The van der Waals surface area contributed by atoms with Gasteiger partial charge in [-0.15, -0.1) is 5.10 Å². The normalized spacial score (nSPS) is 14.8. The molecule has 0 bridgehead atoms. The second-order valence-electron chi connectivity index (χ2n) is 7.10. The van der Waals surface area contributed by atoms with E-state index in [1.54, 1.807) is 54.3 Å². The second-order valence-corrected chi connectivity index (χ2v) is 9.04. The Kier molecular flexibility index (Phi) is 5.69. The molecule has 2 aromatic carbocycles. The number of nitrogens with zero attached hydrogens (tertiary/aromatic N) is 4. The molecule has 1 N–H and O–H groups in total. The monoisotopic (exact) mass is 429 g/mol. The molecule has 0 atom stereocenters. The Morgan fingerprint density at radius 2 is 1.97 bits per heavy atom. The van der Waals surface area contributed by atoms with Gasteiger partial charge in [-0.2, -0.15) is 4.31 Å². The van der Waals surface area contributed by atoms with Crippen LogP contribution in [-0.2, 0) is 21.4 Å². The molecule has 1 aliphatic rings. The summed E-state index contributed by atoms with van der Waals surface area (Å²) in [6, 6.07) is 11.9. The van der Waals surface area contributed by atoms with Crippen molar-refractivity contribution in [3.05, 3.63) is 42.5 Å². The van der Waals surface area contributed by atoms with E-state index in [0.717, 1.165) is 12.8 Å². The summed E-state index contributed by atoms with van der Waals surface area (Å²) in [6.45, 7) is 1.43. The van der Waals surface area contributed by atoms with Crippen LogP contribution >= 0.6 is 0 Å². The standard InChI is InChI=1S/C20H23N5O4S/c1-29-16-6-4-5-15(13-16)21-20(26)9-12-25-19-8-7-17(14-18(19)22-23-25)30(27,28)24-10-2-3-11-24/h4-8,13-14H,2-3,9-12H2,1H3,(H,21,26). The van der Waals surface area contributed by atoms with Crippen molar-refractivity contribution in [1.29, 1.82) is 0 Å². The zero-order chi connectivity index (χ0) is 21.1. The number of sulfonamides is 1. The first kappa shape index (κ1) is 20.3. The van der Waals surface area contributed by atoms with Crippen LogP contribution in [0.4, 0.5) is 5.69 Å². The Hall–Kier alpha value is -2.98. The van der Waals surface area contributed by atoms with E-state index in [4.69, 9.17) is 4.74 Å². The lowest BCUT2D eigenvalue weighted by Gasteiger charge is -2.15. The van der Waals surface area contributed by atoms with Gasteiger partial charge in [-0.25, -0.2) is 13.1 Å². The molecule has 3 aromatic rings. The van der Waals surface area contributed by atoms with Crippen molar-refractivity contribution in [1.82, 2.24) is 19.3 Å². The van der Waals surface area contributed by atoms with Gasteiger partial charge in [-0.1, -0.05) is 11.3 Å². The summed E-state index contributed by atoms with van der Waals surface area (Å²) in [5, 5.41) is 11.0. The zero-order valence-electron chi connectivity index (χ0n) is 16.6. The molecule has 158 valence electrons. The van der Waals surface area contributed by atoms with Crippen molar-refractivity contribution in [3.8, 4) is 5.75 Å². The predicted molar refractivity (Wildman–Crippen MR) is 112 cm³/mol. The minimum absolute atomic E-state index is 0.167. The predicted octanol–water partition coefficient (Wildman–Crippen LogP) is 2.25. The number of carbonyl (C=O) groups is 1. The molecule has 1 saturated heterocycles. The van der Waals surface area contributed by atoms with Crippen molar-refractivity contribution in [2.75, 3.05) is 25.5 Å². The molecule has 9 nitrogen and oxygen atoms in total. The maximum Gasteiger partial charge on any atom is 0.243 e. The number of carbonyl (C=O) groups excluding carboxylic acids is 1. The van der Waals surface area contributed by atoms with Crippen LogP contribution in [0.15, 0.2) is 47.4 Å². The molecule has 30 heavy (non-hydrogen) atoms. The lowest BCUT2D eigenvalue weighted by molar-refractivity contribution is -0.116. The van der Waals surface area contributed by atoms with Crippen molar-refractivity contribution in [3.63, 3.8) is 0 Å². The third-order valence-corrected chi connectivity index (χ3v) is 6.99. The largest absolute Gasteiger partial charge is 0.497 e. The number of amides is 1. The lowest BCUT2D eigenvalue weighted by Crippen LogP contribution is -2.27. The van der Waals surface area contributed by atoms with Gasteiger partial charge in [0.15, 0.2) is 0 Å². The molecule has 0 unspecified atom stereocenters.